The van der Waals surface area contributed by atoms with Crippen LogP contribution in [0.4, 0.5) is 0 Å². The van der Waals surface area contributed by atoms with Gasteiger partial charge in [0, 0.05) is 19.0 Å². The van der Waals surface area contributed by atoms with E-state index in [-0.39, 0.29) is 11.3 Å². The Bertz CT molecular complexity index is 243. The number of amides is 1. The predicted molar refractivity (Wildman–Crippen MR) is 70.6 cm³/mol. The van der Waals surface area contributed by atoms with Crippen molar-refractivity contribution in [1.82, 2.24) is 10.2 Å². The van der Waals surface area contributed by atoms with Crippen molar-refractivity contribution in [2.24, 2.45) is 5.92 Å². The minimum atomic E-state index is 0.0563. The van der Waals surface area contributed by atoms with Crippen molar-refractivity contribution in [3.63, 3.8) is 0 Å². The number of nitrogens with one attached hydrogen (secondary N) is 1. The second-order valence-corrected chi connectivity index (χ2v) is 5.50. The van der Waals surface area contributed by atoms with E-state index in [1.54, 1.807) is 6.92 Å². The highest BCUT2D eigenvalue weighted by Gasteiger charge is 2.36. The first-order valence-electron chi connectivity index (χ1n) is 6.11. The number of hydrogen-bond acceptors (Lipinski definition) is 3. The molecular weight excluding hydrogens is 220 g/mol. The van der Waals surface area contributed by atoms with E-state index in [2.05, 4.69) is 31.8 Å². The summed E-state index contributed by atoms with van der Waals surface area (Å²) in [6.45, 7) is 5.98. The molecule has 0 spiro atoms. The summed E-state index contributed by atoms with van der Waals surface area (Å²) in [6.07, 6.45) is 3.33. The van der Waals surface area contributed by atoms with Crippen molar-refractivity contribution in [2.45, 2.75) is 57.5 Å². The lowest BCUT2D eigenvalue weighted by Crippen LogP contribution is -2.42. The van der Waals surface area contributed by atoms with Gasteiger partial charge in [-0.1, -0.05) is 6.92 Å². The SMILES string of the molecule is CNC(C)CC(C)C(S)N(C(C)=O)C1CC1. The van der Waals surface area contributed by atoms with E-state index in [4.69, 9.17) is 0 Å². The van der Waals surface area contributed by atoms with E-state index in [1.807, 2.05) is 11.9 Å². The molecule has 1 N–H and O–H groups in total. The van der Waals surface area contributed by atoms with Crippen molar-refractivity contribution >= 4 is 18.5 Å². The third-order valence-corrected chi connectivity index (χ3v) is 4.07. The van der Waals surface area contributed by atoms with Crippen LogP contribution in [0.15, 0.2) is 0 Å². The fraction of sp³-hybridized carbons (Fsp3) is 0.917. The van der Waals surface area contributed by atoms with Gasteiger partial charge in [-0.2, -0.15) is 12.6 Å². The van der Waals surface area contributed by atoms with Gasteiger partial charge in [0.1, 0.15) is 0 Å². The van der Waals surface area contributed by atoms with Gasteiger partial charge in [-0.25, -0.2) is 0 Å². The molecule has 3 unspecified atom stereocenters. The van der Waals surface area contributed by atoms with Gasteiger partial charge in [-0.15, -0.1) is 0 Å². The quantitative estimate of drug-likeness (QED) is 0.552. The van der Waals surface area contributed by atoms with E-state index in [9.17, 15) is 4.79 Å². The van der Waals surface area contributed by atoms with Gasteiger partial charge in [-0.3, -0.25) is 4.79 Å². The fourth-order valence-corrected chi connectivity index (χ4v) is 2.56. The smallest absolute Gasteiger partial charge is 0.220 e. The Morgan fingerprint density at radius 2 is 2.06 bits per heavy atom. The molecule has 0 aromatic heterocycles. The Balaban J connectivity index is 2.52. The van der Waals surface area contributed by atoms with E-state index < -0.39 is 0 Å². The lowest BCUT2D eigenvalue weighted by Gasteiger charge is -2.33. The van der Waals surface area contributed by atoms with Crippen LogP contribution in [0.5, 0.6) is 0 Å². The van der Waals surface area contributed by atoms with E-state index in [1.165, 1.54) is 0 Å². The van der Waals surface area contributed by atoms with Crippen LogP contribution < -0.4 is 5.32 Å². The number of rotatable bonds is 6. The molecule has 0 aromatic carbocycles. The molecule has 94 valence electrons. The molecule has 0 saturated heterocycles. The van der Waals surface area contributed by atoms with Crippen LogP contribution in [0.25, 0.3) is 0 Å². The lowest BCUT2D eigenvalue weighted by molar-refractivity contribution is -0.130. The number of thiol groups is 1. The summed E-state index contributed by atoms with van der Waals surface area (Å²) in [7, 11) is 1.97. The van der Waals surface area contributed by atoms with Crippen molar-refractivity contribution < 1.29 is 4.79 Å². The Morgan fingerprint density at radius 3 is 2.44 bits per heavy atom. The molecule has 0 heterocycles. The third kappa shape index (κ3) is 3.67. The Kier molecular flexibility index (Phi) is 5.12. The van der Waals surface area contributed by atoms with Crippen molar-refractivity contribution in [3.8, 4) is 0 Å². The van der Waals surface area contributed by atoms with E-state index >= 15 is 0 Å². The average Bonchev–Trinajstić information content (AvgIpc) is 3.01. The number of carbonyl (C=O) groups excluding carboxylic acids is 1. The number of hydrogen-bond donors (Lipinski definition) is 2. The Morgan fingerprint density at radius 1 is 1.50 bits per heavy atom. The minimum Gasteiger partial charge on any atom is -0.328 e. The molecule has 3 nitrogen and oxygen atoms in total. The first-order valence-corrected chi connectivity index (χ1v) is 6.63. The standard InChI is InChI=1S/C12H24N2OS/c1-8(7-9(2)13-4)12(16)14(10(3)15)11-5-6-11/h8-9,11-13,16H,5-7H2,1-4H3. The number of nitrogens with zero attached hydrogens (tertiary/aromatic N) is 1. The predicted octanol–water partition coefficient (Wildman–Crippen LogP) is 1.89. The van der Waals surface area contributed by atoms with Gasteiger partial charge < -0.3 is 10.2 Å². The second-order valence-electron chi connectivity index (χ2n) is 4.97. The summed E-state index contributed by atoms with van der Waals surface area (Å²) >= 11 is 4.63. The molecule has 1 aliphatic carbocycles. The summed E-state index contributed by atoms with van der Waals surface area (Å²) in [4.78, 5) is 13.5. The highest BCUT2D eigenvalue weighted by Crippen LogP contribution is 2.33. The first kappa shape index (κ1) is 13.8. The molecule has 1 saturated carbocycles. The highest BCUT2D eigenvalue weighted by atomic mass is 32.1. The lowest BCUT2D eigenvalue weighted by atomic mass is 10.0. The molecule has 0 radical (unpaired) electrons. The monoisotopic (exact) mass is 244 g/mol. The van der Waals surface area contributed by atoms with Gasteiger partial charge in [0.2, 0.25) is 5.91 Å². The molecule has 1 rings (SSSR count). The zero-order valence-electron chi connectivity index (χ0n) is 10.7. The molecule has 0 aliphatic heterocycles. The number of carbonyl (C=O) groups is 1. The molecule has 4 heteroatoms. The van der Waals surface area contributed by atoms with E-state index in [0.717, 1.165) is 19.3 Å². The largest absolute Gasteiger partial charge is 0.328 e. The molecule has 1 aliphatic rings. The fourth-order valence-electron chi connectivity index (χ4n) is 2.08. The summed E-state index contributed by atoms with van der Waals surface area (Å²) in [6, 6.07) is 0.921. The molecule has 0 bridgehead atoms. The average molecular weight is 244 g/mol. The Labute approximate surface area is 104 Å². The van der Waals surface area contributed by atoms with Crippen LogP contribution in [0, 0.1) is 5.92 Å². The van der Waals surface area contributed by atoms with Gasteiger partial charge >= 0.3 is 0 Å². The van der Waals surface area contributed by atoms with Gasteiger partial charge in [0.05, 0.1) is 5.37 Å². The maximum Gasteiger partial charge on any atom is 0.220 e. The van der Waals surface area contributed by atoms with Crippen LogP contribution in [0.1, 0.15) is 40.0 Å². The van der Waals surface area contributed by atoms with Crippen LogP contribution in [-0.2, 0) is 4.79 Å². The molecule has 1 amide bonds. The van der Waals surface area contributed by atoms with Gasteiger partial charge in [0.15, 0.2) is 0 Å². The summed E-state index contributed by atoms with van der Waals surface area (Å²) in [5, 5.41) is 3.28. The normalized spacial score (nSPS) is 21.3. The van der Waals surface area contributed by atoms with Crippen LogP contribution >= 0.6 is 12.6 Å². The molecule has 1 fully saturated rings. The van der Waals surface area contributed by atoms with Crippen LogP contribution in [0.3, 0.4) is 0 Å². The molecule has 0 aromatic rings. The van der Waals surface area contributed by atoms with Crippen LogP contribution in [-0.4, -0.2) is 35.3 Å². The maximum absolute atomic E-state index is 11.6. The second kappa shape index (κ2) is 5.92. The third-order valence-electron chi connectivity index (χ3n) is 3.32. The molecule has 3 atom stereocenters. The summed E-state index contributed by atoms with van der Waals surface area (Å²) in [5.41, 5.74) is 0. The first-order chi connectivity index (χ1) is 7.47. The molecular formula is C12H24N2OS. The van der Waals surface area contributed by atoms with Gasteiger partial charge in [0.25, 0.3) is 0 Å². The zero-order valence-corrected chi connectivity index (χ0v) is 11.6. The highest BCUT2D eigenvalue weighted by molar-refractivity contribution is 7.80. The van der Waals surface area contributed by atoms with Crippen molar-refractivity contribution in [3.05, 3.63) is 0 Å². The van der Waals surface area contributed by atoms with E-state index in [0.29, 0.717) is 18.0 Å². The summed E-state index contributed by atoms with van der Waals surface area (Å²) in [5.74, 6) is 0.571. The minimum absolute atomic E-state index is 0.0563. The van der Waals surface area contributed by atoms with Gasteiger partial charge in [-0.05, 0) is 39.2 Å². The van der Waals surface area contributed by atoms with Crippen molar-refractivity contribution in [2.75, 3.05) is 7.05 Å². The zero-order chi connectivity index (χ0) is 12.3. The Hall–Kier alpha value is -0.220. The maximum atomic E-state index is 11.6. The molecule has 16 heavy (non-hydrogen) atoms. The topological polar surface area (TPSA) is 32.3 Å². The van der Waals surface area contributed by atoms with Crippen LogP contribution in [0.2, 0.25) is 0 Å². The summed E-state index contributed by atoms with van der Waals surface area (Å²) < 4.78 is 0. The van der Waals surface area contributed by atoms with Crippen molar-refractivity contribution in [1.29, 1.82) is 0 Å².